The summed E-state index contributed by atoms with van der Waals surface area (Å²) in [7, 11) is 0. The molecule has 0 saturated heterocycles. The lowest BCUT2D eigenvalue weighted by Crippen LogP contribution is -2.16. The fourth-order valence-corrected chi connectivity index (χ4v) is 4.44. The average Bonchev–Trinajstić information content (AvgIpc) is 2.95. The quantitative estimate of drug-likeness (QED) is 0.818. The first-order valence-corrected chi connectivity index (χ1v) is 7.51. The van der Waals surface area contributed by atoms with Crippen molar-refractivity contribution in [3.63, 3.8) is 0 Å². The maximum Gasteiger partial charge on any atom is 0.139 e. The first-order chi connectivity index (χ1) is 8.20. The molecule has 3 atom stereocenters. The SMILES string of the molecule is Cc1csc(CC(=O)CC2CC3CCC2C3)n1. The van der Waals surface area contributed by atoms with Gasteiger partial charge in [0, 0.05) is 17.5 Å². The zero-order valence-electron chi connectivity index (χ0n) is 10.3. The van der Waals surface area contributed by atoms with Gasteiger partial charge in [0.15, 0.2) is 0 Å². The molecule has 3 heteroatoms. The maximum absolute atomic E-state index is 12.0. The Morgan fingerprint density at radius 3 is 2.94 bits per heavy atom. The fourth-order valence-electron chi connectivity index (χ4n) is 3.64. The lowest BCUT2D eigenvalue weighted by atomic mass is 9.85. The molecule has 2 aliphatic rings. The number of aromatic nitrogens is 1. The number of ketones is 1. The molecule has 3 unspecified atom stereocenters. The topological polar surface area (TPSA) is 30.0 Å². The van der Waals surface area contributed by atoms with Gasteiger partial charge in [-0.15, -0.1) is 11.3 Å². The van der Waals surface area contributed by atoms with Crippen molar-refractivity contribution in [2.24, 2.45) is 17.8 Å². The third kappa shape index (κ3) is 2.44. The number of nitrogens with zero attached hydrogens (tertiary/aromatic N) is 1. The van der Waals surface area contributed by atoms with Gasteiger partial charge in [-0.1, -0.05) is 6.42 Å². The zero-order valence-corrected chi connectivity index (χ0v) is 11.1. The number of hydrogen-bond acceptors (Lipinski definition) is 3. The van der Waals surface area contributed by atoms with Crippen molar-refractivity contribution in [2.45, 2.75) is 45.4 Å². The van der Waals surface area contributed by atoms with Gasteiger partial charge < -0.3 is 0 Å². The molecule has 92 valence electrons. The molecule has 0 radical (unpaired) electrons. The molecule has 2 saturated carbocycles. The summed E-state index contributed by atoms with van der Waals surface area (Å²) in [5.74, 6) is 2.90. The lowest BCUT2D eigenvalue weighted by Gasteiger charge is -2.20. The molecule has 0 spiro atoms. The Labute approximate surface area is 106 Å². The predicted octanol–water partition coefficient (Wildman–Crippen LogP) is 3.39. The number of aryl methyl sites for hydroxylation is 1. The second-order valence-corrected chi connectivity index (χ2v) is 6.68. The number of carbonyl (C=O) groups excluding carboxylic acids is 1. The number of carbonyl (C=O) groups is 1. The number of thiazole rings is 1. The summed E-state index contributed by atoms with van der Waals surface area (Å²) >= 11 is 1.62. The lowest BCUT2D eigenvalue weighted by molar-refractivity contribution is -0.119. The number of hydrogen-bond donors (Lipinski definition) is 0. The van der Waals surface area contributed by atoms with Gasteiger partial charge in [0.2, 0.25) is 0 Å². The molecule has 1 aromatic heterocycles. The van der Waals surface area contributed by atoms with Crippen LogP contribution in [0.15, 0.2) is 5.38 Å². The van der Waals surface area contributed by atoms with Crippen molar-refractivity contribution < 1.29 is 4.79 Å². The Kier molecular flexibility index (Phi) is 3.03. The molecule has 0 aromatic carbocycles. The van der Waals surface area contributed by atoms with Gasteiger partial charge >= 0.3 is 0 Å². The van der Waals surface area contributed by atoms with E-state index in [1.807, 2.05) is 12.3 Å². The van der Waals surface area contributed by atoms with Crippen molar-refractivity contribution >= 4 is 17.1 Å². The summed E-state index contributed by atoms with van der Waals surface area (Å²) in [6.07, 6.45) is 6.87. The van der Waals surface area contributed by atoms with Crippen LogP contribution in [-0.4, -0.2) is 10.8 Å². The summed E-state index contributed by atoms with van der Waals surface area (Å²) in [5.41, 5.74) is 1.04. The van der Waals surface area contributed by atoms with Gasteiger partial charge in [-0.25, -0.2) is 4.98 Å². The Hall–Kier alpha value is -0.700. The first-order valence-electron chi connectivity index (χ1n) is 6.63. The normalized spacial score (nSPS) is 31.0. The van der Waals surface area contributed by atoms with Crippen LogP contribution in [0.1, 0.15) is 42.8 Å². The van der Waals surface area contributed by atoms with Gasteiger partial charge in [0.25, 0.3) is 0 Å². The minimum absolute atomic E-state index is 0.400. The van der Waals surface area contributed by atoms with Crippen LogP contribution in [0.4, 0.5) is 0 Å². The van der Waals surface area contributed by atoms with Crippen LogP contribution >= 0.6 is 11.3 Å². The highest BCUT2D eigenvalue weighted by Gasteiger charge is 2.39. The molecule has 2 aliphatic carbocycles. The average molecular weight is 249 g/mol. The van der Waals surface area contributed by atoms with Crippen LogP contribution in [0.2, 0.25) is 0 Å². The molecule has 1 heterocycles. The highest BCUT2D eigenvalue weighted by atomic mass is 32.1. The van der Waals surface area contributed by atoms with E-state index < -0.39 is 0 Å². The molecular formula is C14H19NOS. The van der Waals surface area contributed by atoms with E-state index in [9.17, 15) is 4.79 Å². The van der Waals surface area contributed by atoms with Gasteiger partial charge in [0.05, 0.1) is 6.42 Å². The van der Waals surface area contributed by atoms with Gasteiger partial charge in [0.1, 0.15) is 10.8 Å². The first kappa shape index (κ1) is 11.4. The van der Waals surface area contributed by atoms with E-state index in [-0.39, 0.29) is 0 Å². The van der Waals surface area contributed by atoms with Crippen LogP contribution in [0.5, 0.6) is 0 Å². The standard InChI is InChI=1S/C14H19NOS/c1-9-8-17-14(15-9)7-13(16)6-12-5-10-2-3-11(12)4-10/h8,10-12H,2-7H2,1H3. The van der Waals surface area contributed by atoms with E-state index in [0.717, 1.165) is 29.0 Å². The van der Waals surface area contributed by atoms with Crippen molar-refractivity contribution in [1.82, 2.24) is 4.98 Å². The molecule has 0 amide bonds. The molecule has 0 N–H and O–H groups in total. The van der Waals surface area contributed by atoms with Gasteiger partial charge in [-0.2, -0.15) is 0 Å². The Balaban J connectivity index is 1.54. The van der Waals surface area contributed by atoms with Gasteiger partial charge in [-0.3, -0.25) is 4.79 Å². The van der Waals surface area contributed by atoms with Crippen molar-refractivity contribution in [3.8, 4) is 0 Å². The Bertz CT molecular complexity index is 426. The summed E-state index contributed by atoms with van der Waals surface area (Å²) < 4.78 is 0. The van der Waals surface area contributed by atoms with Gasteiger partial charge in [-0.05, 0) is 43.9 Å². The molecule has 3 rings (SSSR count). The molecule has 2 bridgehead atoms. The second-order valence-electron chi connectivity index (χ2n) is 5.74. The van der Waals surface area contributed by atoms with E-state index in [0.29, 0.717) is 18.1 Å². The third-order valence-corrected chi connectivity index (χ3v) is 5.36. The highest BCUT2D eigenvalue weighted by Crippen LogP contribution is 2.49. The number of fused-ring (bicyclic) bond motifs is 2. The van der Waals surface area contributed by atoms with E-state index in [4.69, 9.17) is 0 Å². The van der Waals surface area contributed by atoms with E-state index in [1.165, 1.54) is 25.7 Å². The fraction of sp³-hybridized carbons (Fsp3) is 0.714. The van der Waals surface area contributed by atoms with Crippen molar-refractivity contribution in [1.29, 1.82) is 0 Å². The highest BCUT2D eigenvalue weighted by molar-refractivity contribution is 7.09. The van der Waals surface area contributed by atoms with Crippen LogP contribution in [0.25, 0.3) is 0 Å². The second kappa shape index (κ2) is 4.52. The minimum atomic E-state index is 0.400. The van der Waals surface area contributed by atoms with Crippen LogP contribution in [-0.2, 0) is 11.2 Å². The number of rotatable bonds is 4. The maximum atomic E-state index is 12.0. The molecule has 17 heavy (non-hydrogen) atoms. The van der Waals surface area contributed by atoms with Crippen LogP contribution in [0.3, 0.4) is 0 Å². The zero-order chi connectivity index (χ0) is 11.8. The summed E-state index contributed by atoms with van der Waals surface area (Å²) in [6.45, 7) is 1.99. The third-order valence-electron chi connectivity index (χ3n) is 4.39. The van der Waals surface area contributed by atoms with E-state index >= 15 is 0 Å². The van der Waals surface area contributed by atoms with E-state index in [1.54, 1.807) is 11.3 Å². The van der Waals surface area contributed by atoms with Crippen molar-refractivity contribution in [3.05, 3.63) is 16.1 Å². The van der Waals surface area contributed by atoms with E-state index in [2.05, 4.69) is 4.98 Å². The molecular weight excluding hydrogens is 230 g/mol. The largest absolute Gasteiger partial charge is 0.299 e. The predicted molar refractivity (Wildman–Crippen MR) is 69.1 cm³/mol. The summed E-state index contributed by atoms with van der Waals surface area (Å²) in [4.78, 5) is 16.4. The molecule has 2 fully saturated rings. The molecule has 0 aliphatic heterocycles. The van der Waals surface area contributed by atoms with Crippen molar-refractivity contribution in [2.75, 3.05) is 0 Å². The Morgan fingerprint density at radius 1 is 1.47 bits per heavy atom. The Morgan fingerprint density at radius 2 is 2.35 bits per heavy atom. The monoisotopic (exact) mass is 249 g/mol. The molecule has 2 nitrogen and oxygen atoms in total. The van der Waals surface area contributed by atoms with Crippen LogP contribution < -0.4 is 0 Å². The summed E-state index contributed by atoms with van der Waals surface area (Å²) in [5, 5.41) is 3.02. The minimum Gasteiger partial charge on any atom is -0.299 e. The summed E-state index contributed by atoms with van der Waals surface area (Å²) in [6, 6.07) is 0. The molecule has 1 aromatic rings. The number of Topliss-reactive ketones (excluding diaryl/α,β-unsaturated/α-hetero) is 1. The smallest absolute Gasteiger partial charge is 0.139 e. The van der Waals surface area contributed by atoms with Crippen LogP contribution in [0, 0.1) is 24.7 Å².